The Hall–Kier alpha value is -2.20. The largest absolute Gasteiger partial charge is 0.473 e. The fourth-order valence-corrected chi connectivity index (χ4v) is 2.05. The number of nitrogens with one attached hydrogen (secondary N) is 2. The van der Waals surface area contributed by atoms with Gasteiger partial charge < -0.3 is 15.4 Å². The van der Waals surface area contributed by atoms with Crippen LogP contribution in [0.4, 0.5) is 10.5 Å². The molecule has 0 fully saturated rings. The molecule has 2 N–H and O–H groups in total. The lowest BCUT2D eigenvalue weighted by Gasteiger charge is -2.12. The van der Waals surface area contributed by atoms with Crippen molar-refractivity contribution < 1.29 is 9.53 Å². The third kappa shape index (κ3) is 4.39. The molecule has 4 nitrogen and oxygen atoms in total. The van der Waals surface area contributed by atoms with Crippen LogP contribution in [0.25, 0.3) is 0 Å². The fourth-order valence-electron chi connectivity index (χ4n) is 1.87. The Balaban J connectivity index is 1.83. The van der Waals surface area contributed by atoms with E-state index in [4.69, 9.17) is 16.3 Å². The number of hydrogen-bond acceptors (Lipinski definition) is 2. The maximum Gasteiger partial charge on any atom is 0.321 e. The molecular weight excluding hydrogens is 288 g/mol. The predicted octanol–water partition coefficient (Wildman–Crippen LogP) is 4.11. The highest BCUT2D eigenvalue weighted by Crippen LogP contribution is 2.20. The summed E-state index contributed by atoms with van der Waals surface area (Å²) in [4.78, 5) is 11.7. The number of amides is 2. The molecule has 0 unspecified atom stereocenters. The van der Waals surface area contributed by atoms with Crippen molar-refractivity contribution in [1.82, 2.24) is 5.32 Å². The van der Waals surface area contributed by atoms with E-state index in [1.807, 2.05) is 32.0 Å². The van der Waals surface area contributed by atoms with Gasteiger partial charge in [-0.05, 0) is 37.6 Å². The minimum absolute atomic E-state index is 0.0835. The fraction of sp³-hybridized carbons (Fsp3) is 0.188. The van der Waals surface area contributed by atoms with Crippen LogP contribution in [0.1, 0.15) is 11.1 Å². The third-order valence-electron chi connectivity index (χ3n) is 2.91. The molecule has 0 spiro atoms. The standard InChI is InChI=1S/C16H17ClN2O2/c1-11-7-8-15(12(2)9-11)21-10-18-16(20)19-14-6-4-3-5-13(14)17/h3-9H,10H2,1-2H3,(H2,18,19,20). The number of ether oxygens (including phenoxy) is 1. The van der Waals surface area contributed by atoms with Gasteiger partial charge in [-0.15, -0.1) is 0 Å². The molecule has 0 radical (unpaired) electrons. The van der Waals surface area contributed by atoms with Gasteiger partial charge in [0.05, 0.1) is 10.7 Å². The first-order chi connectivity index (χ1) is 10.1. The second-order valence-electron chi connectivity index (χ2n) is 4.67. The first-order valence-electron chi connectivity index (χ1n) is 6.55. The molecule has 0 aliphatic heterocycles. The highest BCUT2D eigenvalue weighted by atomic mass is 35.5. The zero-order valence-corrected chi connectivity index (χ0v) is 12.7. The summed E-state index contributed by atoms with van der Waals surface area (Å²) in [5.41, 5.74) is 2.76. The molecule has 2 rings (SSSR count). The Morgan fingerprint density at radius 2 is 1.95 bits per heavy atom. The number of hydrogen-bond donors (Lipinski definition) is 2. The number of benzene rings is 2. The SMILES string of the molecule is Cc1ccc(OCNC(=O)Nc2ccccc2Cl)c(C)c1. The number of rotatable bonds is 4. The lowest BCUT2D eigenvalue weighted by atomic mass is 10.1. The van der Waals surface area contributed by atoms with Crippen LogP contribution in [0, 0.1) is 13.8 Å². The monoisotopic (exact) mass is 304 g/mol. The van der Waals surface area contributed by atoms with Crippen LogP contribution in [-0.2, 0) is 0 Å². The van der Waals surface area contributed by atoms with Crippen LogP contribution in [0.15, 0.2) is 42.5 Å². The van der Waals surface area contributed by atoms with E-state index >= 15 is 0 Å². The van der Waals surface area contributed by atoms with Crippen LogP contribution in [-0.4, -0.2) is 12.8 Å². The molecule has 0 saturated carbocycles. The molecule has 110 valence electrons. The maximum atomic E-state index is 11.7. The minimum Gasteiger partial charge on any atom is -0.473 e. The van der Waals surface area contributed by atoms with Crippen molar-refractivity contribution in [2.45, 2.75) is 13.8 Å². The number of urea groups is 1. The van der Waals surface area contributed by atoms with Crippen molar-refractivity contribution in [1.29, 1.82) is 0 Å². The summed E-state index contributed by atoms with van der Waals surface area (Å²) in [6, 6.07) is 12.6. The van der Waals surface area contributed by atoms with Crippen LogP contribution in [0.5, 0.6) is 5.75 Å². The van der Waals surface area contributed by atoms with Crippen LogP contribution in [0.2, 0.25) is 5.02 Å². The van der Waals surface area contributed by atoms with Crippen LogP contribution >= 0.6 is 11.6 Å². The molecule has 0 heterocycles. The van der Waals surface area contributed by atoms with Gasteiger partial charge >= 0.3 is 6.03 Å². The minimum atomic E-state index is -0.368. The Morgan fingerprint density at radius 3 is 2.67 bits per heavy atom. The summed E-state index contributed by atoms with van der Waals surface area (Å²) >= 11 is 5.96. The van der Waals surface area contributed by atoms with Crippen molar-refractivity contribution in [3.8, 4) is 5.75 Å². The van der Waals surface area contributed by atoms with E-state index in [0.717, 1.165) is 11.3 Å². The van der Waals surface area contributed by atoms with Crippen molar-refractivity contribution in [2.75, 3.05) is 12.0 Å². The molecule has 0 aliphatic rings. The zero-order chi connectivity index (χ0) is 15.2. The van der Waals surface area contributed by atoms with E-state index < -0.39 is 0 Å². The molecule has 5 heteroatoms. The molecule has 2 aromatic rings. The van der Waals surface area contributed by atoms with E-state index in [2.05, 4.69) is 10.6 Å². The van der Waals surface area contributed by atoms with Gasteiger partial charge in [0, 0.05) is 0 Å². The molecule has 0 bridgehead atoms. The van der Waals surface area contributed by atoms with Crippen LogP contribution < -0.4 is 15.4 Å². The molecule has 21 heavy (non-hydrogen) atoms. The van der Waals surface area contributed by atoms with Gasteiger partial charge in [0.2, 0.25) is 0 Å². The van der Waals surface area contributed by atoms with E-state index in [-0.39, 0.29) is 12.8 Å². The Labute approximate surface area is 129 Å². The van der Waals surface area contributed by atoms with E-state index in [9.17, 15) is 4.79 Å². The number of carbonyl (C=O) groups is 1. The van der Waals surface area contributed by atoms with Crippen molar-refractivity contribution in [2.24, 2.45) is 0 Å². The third-order valence-corrected chi connectivity index (χ3v) is 3.24. The highest BCUT2D eigenvalue weighted by molar-refractivity contribution is 6.33. The highest BCUT2D eigenvalue weighted by Gasteiger charge is 2.05. The Bertz CT molecular complexity index is 644. The predicted molar refractivity (Wildman–Crippen MR) is 85.0 cm³/mol. The van der Waals surface area contributed by atoms with Gasteiger partial charge in [-0.25, -0.2) is 4.79 Å². The summed E-state index contributed by atoms with van der Waals surface area (Å²) in [6.45, 7) is 4.07. The summed E-state index contributed by atoms with van der Waals surface area (Å²) < 4.78 is 5.53. The van der Waals surface area contributed by atoms with Gasteiger partial charge in [0.1, 0.15) is 5.75 Å². The molecule has 0 aromatic heterocycles. The smallest absolute Gasteiger partial charge is 0.321 e. The first-order valence-corrected chi connectivity index (χ1v) is 6.93. The summed E-state index contributed by atoms with van der Waals surface area (Å²) in [7, 11) is 0. The van der Waals surface area contributed by atoms with Gasteiger partial charge in [-0.2, -0.15) is 0 Å². The topological polar surface area (TPSA) is 50.4 Å². The number of carbonyl (C=O) groups excluding carboxylic acids is 1. The number of halogens is 1. The quantitative estimate of drug-likeness (QED) is 0.835. The van der Waals surface area contributed by atoms with E-state index in [1.54, 1.807) is 24.3 Å². The summed E-state index contributed by atoms with van der Waals surface area (Å²) in [5, 5.41) is 5.76. The van der Waals surface area contributed by atoms with Gasteiger partial charge in [0.15, 0.2) is 6.73 Å². The molecule has 0 aliphatic carbocycles. The molecule has 2 aromatic carbocycles. The van der Waals surface area contributed by atoms with Gasteiger partial charge in [0.25, 0.3) is 0 Å². The van der Waals surface area contributed by atoms with E-state index in [1.165, 1.54) is 5.56 Å². The first kappa shape index (κ1) is 15.2. The summed E-state index contributed by atoms with van der Waals surface area (Å²) in [5.74, 6) is 0.749. The zero-order valence-electron chi connectivity index (χ0n) is 11.9. The second kappa shape index (κ2) is 6.99. The number of para-hydroxylation sites is 1. The molecule has 0 atom stereocenters. The normalized spacial score (nSPS) is 10.0. The Morgan fingerprint density at radius 1 is 1.19 bits per heavy atom. The lowest BCUT2D eigenvalue weighted by Crippen LogP contribution is -2.32. The van der Waals surface area contributed by atoms with Crippen LogP contribution in [0.3, 0.4) is 0 Å². The average Bonchev–Trinajstić information content (AvgIpc) is 2.44. The summed E-state index contributed by atoms with van der Waals surface area (Å²) in [6.07, 6.45) is 0. The Kier molecular flexibility index (Phi) is 5.06. The van der Waals surface area contributed by atoms with Gasteiger partial charge in [-0.1, -0.05) is 41.4 Å². The molecule has 0 saturated heterocycles. The number of anilines is 1. The number of aryl methyl sites for hydroxylation is 2. The average molecular weight is 305 g/mol. The maximum absolute atomic E-state index is 11.7. The van der Waals surface area contributed by atoms with Crippen molar-refractivity contribution >= 4 is 23.3 Å². The second-order valence-corrected chi connectivity index (χ2v) is 5.08. The molecule has 2 amide bonds. The lowest BCUT2D eigenvalue weighted by molar-refractivity contribution is 0.234. The van der Waals surface area contributed by atoms with Gasteiger partial charge in [-0.3, -0.25) is 0 Å². The van der Waals surface area contributed by atoms with Crippen molar-refractivity contribution in [3.05, 3.63) is 58.6 Å². The van der Waals surface area contributed by atoms with Crippen molar-refractivity contribution in [3.63, 3.8) is 0 Å². The van der Waals surface area contributed by atoms with E-state index in [0.29, 0.717) is 10.7 Å². The molecular formula is C16H17ClN2O2.